The number of nitrogens with one attached hydrogen (secondary N) is 2. The highest BCUT2D eigenvalue weighted by Crippen LogP contribution is 2.15. The van der Waals surface area contributed by atoms with Crippen LogP contribution in [-0.4, -0.2) is 67.9 Å². The van der Waals surface area contributed by atoms with Crippen molar-refractivity contribution in [2.45, 2.75) is 5.25 Å². The smallest absolute Gasteiger partial charge is 0.432 e. The highest BCUT2D eigenvalue weighted by atomic mass is 32.2. The molecule has 0 bridgehead atoms. The Kier molecular flexibility index (Phi) is 10.4. The molecule has 1 fully saturated rings. The molecule has 130 valence electrons. The van der Waals surface area contributed by atoms with E-state index < -0.39 is 6.16 Å². The van der Waals surface area contributed by atoms with Crippen molar-refractivity contribution in [3.8, 4) is 0 Å². The standard InChI is InChI=1S/C13H20N2O6S2/c1-2-11(16)14-3-5-20-13(17)21-6-4-15-12(22)23-10-7-18-9-19-8-10/h2,10H,1,3-9H2,(H,14,16)(H,15,22). The number of thiocarbonyl (C=S) groups is 1. The van der Waals surface area contributed by atoms with Crippen molar-refractivity contribution in [3.63, 3.8) is 0 Å². The van der Waals surface area contributed by atoms with E-state index in [1.807, 2.05) is 0 Å². The molecular formula is C13H20N2O6S2. The third-order valence-electron chi connectivity index (χ3n) is 2.45. The molecule has 1 heterocycles. The Morgan fingerprint density at radius 3 is 2.43 bits per heavy atom. The van der Waals surface area contributed by atoms with Crippen LogP contribution in [0.5, 0.6) is 0 Å². The summed E-state index contributed by atoms with van der Waals surface area (Å²) in [4.78, 5) is 22.1. The van der Waals surface area contributed by atoms with E-state index in [0.717, 1.165) is 6.08 Å². The van der Waals surface area contributed by atoms with E-state index in [1.54, 1.807) is 0 Å². The maximum atomic E-state index is 11.2. The SMILES string of the molecule is C=CC(=O)NCCOC(=O)OCCNC(=S)SC1COCOC1. The fourth-order valence-corrected chi connectivity index (χ4v) is 2.76. The van der Waals surface area contributed by atoms with Crippen molar-refractivity contribution in [2.24, 2.45) is 0 Å². The molecule has 2 N–H and O–H groups in total. The molecule has 23 heavy (non-hydrogen) atoms. The van der Waals surface area contributed by atoms with Crippen molar-refractivity contribution in [3.05, 3.63) is 12.7 Å². The zero-order chi connectivity index (χ0) is 16.9. The van der Waals surface area contributed by atoms with Gasteiger partial charge >= 0.3 is 6.16 Å². The molecule has 1 amide bonds. The molecule has 1 rings (SSSR count). The number of hydrogen-bond donors (Lipinski definition) is 2. The van der Waals surface area contributed by atoms with Crippen LogP contribution in [-0.2, 0) is 23.7 Å². The third kappa shape index (κ3) is 10.1. The topological polar surface area (TPSA) is 95.1 Å². The normalized spacial score (nSPS) is 14.6. The van der Waals surface area contributed by atoms with E-state index in [-0.39, 0.29) is 30.9 Å². The third-order valence-corrected chi connectivity index (χ3v) is 3.84. The molecule has 1 aliphatic heterocycles. The van der Waals surface area contributed by atoms with Crippen LogP contribution < -0.4 is 10.6 Å². The molecule has 10 heteroatoms. The Balaban J connectivity index is 1.96. The Bertz CT molecular complexity index is 415. The predicted octanol–water partition coefficient (Wildman–Crippen LogP) is 0.422. The Hall–Kier alpha value is -1.36. The first kappa shape index (κ1) is 19.7. The number of hydrogen-bond acceptors (Lipinski definition) is 8. The minimum atomic E-state index is -0.799. The van der Waals surface area contributed by atoms with Gasteiger partial charge in [0.25, 0.3) is 0 Å². The number of thioether (sulfide) groups is 1. The Morgan fingerprint density at radius 2 is 1.83 bits per heavy atom. The second-order valence-corrected chi connectivity index (χ2v) is 6.23. The number of carbonyl (C=O) groups is 2. The van der Waals surface area contributed by atoms with Crippen molar-refractivity contribution in [2.75, 3.05) is 46.3 Å². The fourth-order valence-electron chi connectivity index (χ4n) is 1.44. The van der Waals surface area contributed by atoms with Crippen molar-refractivity contribution in [1.82, 2.24) is 10.6 Å². The van der Waals surface area contributed by atoms with Crippen LogP contribution in [0.1, 0.15) is 0 Å². The van der Waals surface area contributed by atoms with Gasteiger partial charge in [-0.1, -0.05) is 30.6 Å². The molecule has 0 saturated carbocycles. The van der Waals surface area contributed by atoms with E-state index >= 15 is 0 Å². The summed E-state index contributed by atoms with van der Waals surface area (Å²) < 4.78 is 20.5. The second-order valence-electron chi connectivity index (χ2n) is 4.26. The summed E-state index contributed by atoms with van der Waals surface area (Å²) in [6.45, 7) is 5.54. The van der Waals surface area contributed by atoms with Crippen LogP contribution in [0.2, 0.25) is 0 Å². The molecule has 0 spiro atoms. The van der Waals surface area contributed by atoms with Gasteiger partial charge in [0.05, 0.1) is 31.6 Å². The highest BCUT2D eigenvalue weighted by molar-refractivity contribution is 8.23. The maximum absolute atomic E-state index is 11.2. The molecule has 8 nitrogen and oxygen atoms in total. The molecule has 1 aliphatic rings. The maximum Gasteiger partial charge on any atom is 0.508 e. The number of amides is 1. The molecule has 0 aromatic carbocycles. The molecule has 0 aromatic heterocycles. The number of rotatable bonds is 8. The van der Waals surface area contributed by atoms with Gasteiger partial charge in [-0.3, -0.25) is 4.79 Å². The molecule has 0 radical (unpaired) electrons. The van der Waals surface area contributed by atoms with Gasteiger partial charge in [-0.05, 0) is 6.08 Å². The van der Waals surface area contributed by atoms with Gasteiger partial charge in [-0.15, -0.1) is 0 Å². The zero-order valence-corrected chi connectivity index (χ0v) is 14.2. The summed E-state index contributed by atoms with van der Waals surface area (Å²) >= 11 is 6.61. The quantitative estimate of drug-likeness (QED) is 0.275. The fraction of sp³-hybridized carbons (Fsp3) is 0.615. The molecule has 0 aromatic rings. The lowest BCUT2D eigenvalue weighted by molar-refractivity contribution is -0.116. The summed E-state index contributed by atoms with van der Waals surface area (Å²) in [6, 6.07) is 0. The van der Waals surface area contributed by atoms with Gasteiger partial charge in [0.2, 0.25) is 5.91 Å². The van der Waals surface area contributed by atoms with E-state index in [2.05, 4.69) is 17.2 Å². The van der Waals surface area contributed by atoms with Crippen LogP contribution in [0.4, 0.5) is 4.79 Å². The van der Waals surface area contributed by atoms with Gasteiger partial charge in [0.1, 0.15) is 24.3 Å². The first-order chi connectivity index (χ1) is 11.1. The van der Waals surface area contributed by atoms with Crippen molar-refractivity contribution in [1.29, 1.82) is 0 Å². The van der Waals surface area contributed by atoms with Gasteiger partial charge < -0.3 is 29.6 Å². The second kappa shape index (κ2) is 12.1. The molecule has 0 unspecified atom stereocenters. The zero-order valence-electron chi connectivity index (χ0n) is 12.6. The van der Waals surface area contributed by atoms with E-state index in [4.69, 9.17) is 31.2 Å². The largest absolute Gasteiger partial charge is 0.508 e. The minimum Gasteiger partial charge on any atom is -0.432 e. The van der Waals surface area contributed by atoms with Gasteiger partial charge in [-0.2, -0.15) is 0 Å². The monoisotopic (exact) mass is 364 g/mol. The van der Waals surface area contributed by atoms with Crippen molar-refractivity contribution >= 4 is 40.4 Å². The summed E-state index contributed by atoms with van der Waals surface area (Å²) in [5.74, 6) is -0.328. The van der Waals surface area contributed by atoms with Crippen molar-refractivity contribution < 1.29 is 28.5 Å². The van der Waals surface area contributed by atoms with Crippen LogP contribution in [0, 0.1) is 0 Å². The lowest BCUT2D eigenvalue weighted by Gasteiger charge is -2.22. The lowest BCUT2D eigenvalue weighted by Crippen LogP contribution is -2.31. The first-order valence-electron chi connectivity index (χ1n) is 6.91. The minimum absolute atomic E-state index is 0.0295. The molecular weight excluding hydrogens is 344 g/mol. The lowest BCUT2D eigenvalue weighted by atomic mass is 10.5. The summed E-state index contributed by atoms with van der Waals surface area (Å²) in [5, 5.41) is 5.59. The van der Waals surface area contributed by atoms with E-state index in [1.165, 1.54) is 11.8 Å². The number of carbonyl (C=O) groups excluding carboxylic acids is 2. The number of ether oxygens (including phenoxy) is 4. The predicted molar refractivity (Wildman–Crippen MR) is 89.3 cm³/mol. The summed E-state index contributed by atoms with van der Waals surface area (Å²) in [5.41, 5.74) is 0. The average molecular weight is 364 g/mol. The van der Waals surface area contributed by atoms with Crippen LogP contribution in [0.15, 0.2) is 12.7 Å². The summed E-state index contributed by atoms with van der Waals surface area (Å²) in [6.07, 6.45) is 0.337. The van der Waals surface area contributed by atoms with Gasteiger partial charge in [0, 0.05) is 0 Å². The first-order valence-corrected chi connectivity index (χ1v) is 8.20. The molecule has 0 atom stereocenters. The Morgan fingerprint density at radius 1 is 1.22 bits per heavy atom. The van der Waals surface area contributed by atoms with Gasteiger partial charge in [0.15, 0.2) is 0 Å². The Labute approximate surface area is 144 Å². The van der Waals surface area contributed by atoms with Gasteiger partial charge in [-0.25, -0.2) is 4.79 Å². The molecule has 0 aliphatic carbocycles. The summed E-state index contributed by atoms with van der Waals surface area (Å²) in [7, 11) is 0. The van der Waals surface area contributed by atoms with Crippen LogP contribution in [0.25, 0.3) is 0 Å². The van der Waals surface area contributed by atoms with Crippen LogP contribution >= 0.6 is 24.0 Å². The van der Waals surface area contributed by atoms with E-state index in [9.17, 15) is 9.59 Å². The van der Waals surface area contributed by atoms with E-state index in [0.29, 0.717) is 30.9 Å². The molecule has 1 saturated heterocycles. The van der Waals surface area contributed by atoms with Crippen LogP contribution in [0.3, 0.4) is 0 Å². The average Bonchev–Trinajstić information content (AvgIpc) is 2.56. The highest BCUT2D eigenvalue weighted by Gasteiger charge is 2.16.